The van der Waals surface area contributed by atoms with Crippen LogP contribution in [0.25, 0.3) is 16.6 Å². The fourth-order valence-electron chi connectivity index (χ4n) is 5.24. The van der Waals surface area contributed by atoms with E-state index in [0.29, 0.717) is 11.1 Å². The van der Waals surface area contributed by atoms with Gasteiger partial charge in [-0.3, -0.25) is 18.6 Å². The van der Waals surface area contributed by atoms with Crippen molar-refractivity contribution >= 4 is 28.1 Å². The molecule has 9 heteroatoms. The number of carbonyl (C=O) groups excluding carboxylic acids is 1. The predicted octanol–water partition coefficient (Wildman–Crippen LogP) is 3.37. The number of nitrogens with one attached hydrogen (secondary N) is 2. The number of aryl methyl sites for hydroxylation is 2. The van der Waals surface area contributed by atoms with Crippen molar-refractivity contribution in [1.82, 2.24) is 19.3 Å². The summed E-state index contributed by atoms with van der Waals surface area (Å²) in [5.41, 5.74) is 10.2. The average Bonchev–Trinajstić information content (AvgIpc) is 3.28. The molecule has 35 heavy (non-hydrogen) atoms. The monoisotopic (exact) mass is 476 g/mol. The highest BCUT2D eigenvalue weighted by atomic mass is 19.1. The van der Waals surface area contributed by atoms with Gasteiger partial charge < -0.3 is 16.4 Å². The highest BCUT2D eigenvalue weighted by Gasteiger charge is 2.25. The van der Waals surface area contributed by atoms with Gasteiger partial charge in [-0.1, -0.05) is 6.07 Å². The quantitative estimate of drug-likeness (QED) is 0.410. The number of fused-ring (bicyclic) bond motifs is 3. The maximum Gasteiger partial charge on any atom is 0.261 e. The first-order chi connectivity index (χ1) is 16.8. The maximum absolute atomic E-state index is 13.8. The number of benzene rings is 2. The van der Waals surface area contributed by atoms with E-state index in [1.54, 1.807) is 17.9 Å². The third kappa shape index (κ3) is 3.95. The molecule has 1 aliphatic heterocycles. The number of imidazole rings is 1. The molecule has 3 heterocycles. The first-order valence-corrected chi connectivity index (χ1v) is 11.8. The molecule has 8 nitrogen and oxygen atoms in total. The van der Waals surface area contributed by atoms with Crippen molar-refractivity contribution in [3.8, 4) is 0 Å². The third-order valence-electron chi connectivity index (χ3n) is 6.96. The molecule has 0 radical (unpaired) electrons. The maximum atomic E-state index is 13.8. The minimum Gasteiger partial charge on any atom is -0.378 e. The van der Waals surface area contributed by atoms with Crippen LogP contribution in [-0.2, 0) is 7.05 Å². The van der Waals surface area contributed by atoms with Gasteiger partial charge in [0.15, 0.2) is 0 Å². The number of anilines is 1. The molecule has 1 saturated heterocycles. The van der Waals surface area contributed by atoms with E-state index in [1.807, 2.05) is 30.4 Å². The second kappa shape index (κ2) is 8.81. The summed E-state index contributed by atoms with van der Waals surface area (Å²) in [6, 6.07) is 7.51. The van der Waals surface area contributed by atoms with Crippen LogP contribution in [0.4, 0.5) is 10.1 Å². The zero-order valence-corrected chi connectivity index (χ0v) is 20.1. The molecule has 2 aromatic carbocycles. The molecule has 1 aliphatic rings. The normalized spacial score (nSPS) is 15.5. The lowest BCUT2D eigenvalue weighted by molar-refractivity contribution is 0.100. The summed E-state index contributed by atoms with van der Waals surface area (Å²) in [7, 11) is 1.80. The van der Waals surface area contributed by atoms with E-state index in [2.05, 4.69) is 10.6 Å². The number of primary amides is 1. The number of piperidine rings is 1. The Hall–Kier alpha value is -3.72. The lowest BCUT2D eigenvalue weighted by Crippen LogP contribution is -2.28. The predicted molar refractivity (Wildman–Crippen MR) is 134 cm³/mol. The molecule has 0 spiro atoms. The van der Waals surface area contributed by atoms with Crippen molar-refractivity contribution in [2.45, 2.75) is 38.6 Å². The number of amides is 1. The van der Waals surface area contributed by atoms with Crippen molar-refractivity contribution in [3.63, 3.8) is 0 Å². The van der Waals surface area contributed by atoms with Crippen LogP contribution < -0.4 is 21.9 Å². The zero-order chi connectivity index (χ0) is 24.9. The minimum absolute atomic E-state index is 0.0747. The number of nitrogens with two attached hydrogens (primary N) is 1. The molecule has 1 atom stereocenters. The van der Waals surface area contributed by atoms with Gasteiger partial charge in [-0.2, -0.15) is 0 Å². The fraction of sp³-hybridized carbons (Fsp3) is 0.346. The molecular formula is C26H29FN6O2. The van der Waals surface area contributed by atoms with Crippen molar-refractivity contribution in [3.05, 3.63) is 75.2 Å². The Morgan fingerprint density at radius 3 is 2.71 bits per heavy atom. The second-order valence-corrected chi connectivity index (χ2v) is 9.38. The van der Waals surface area contributed by atoms with Gasteiger partial charge in [0.25, 0.3) is 11.5 Å². The largest absolute Gasteiger partial charge is 0.378 e. The minimum atomic E-state index is -0.717. The van der Waals surface area contributed by atoms with Gasteiger partial charge in [-0.05, 0) is 75.2 Å². The van der Waals surface area contributed by atoms with Crippen LogP contribution in [0.3, 0.4) is 0 Å². The van der Waals surface area contributed by atoms with E-state index in [4.69, 9.17) is 10.7 Å². The van der Waals surface area contributed by atoms with E-state index < -0.39 is 11.7 Å². The first kappa shape index (κ1) is 23.0. The summed E-state index contributed by atoms with van der Waals surface area (Å²) in [6.07, 6.45) is 3.74. The molecule has 1 unspecified atom stereocenters. The molecule has 5 rings (SSSR count). The van der Waals surface area contributed by atoms with E-state index in [9.17, 15) is 14.0 Å². The second-order valence-electron chi connectivity index (χ2n) is 9.38. The van der Waals surface area contributed by atoms with Gasteiger partial charge in [0, 0.05) is 18.7 Å². The number of aromatic nitrogens is 3. The Bertz CT molecular complexity index is 1520. The van der Waals surface area contributed by atoms with Crippen LogP contribution in [0.1, 0.15) is 58.9 Å². The molecule has 2 aromatic heterocycles. The van der Waals surface area contributed by atoms with Gasteiger partial charge >= 0.3 is 0 Å². The molecule has 1 fully saturated rings. The van der Waals surface area contributed by atoms with Crippen LogP contribution in [0.15, 0.2) is 41.5 Å². The smallest absolute Gasteiger partial charge is 0.261 e. The molecule has 1 amide bonds. The van der Waals surface area contributed by atoms with Crippen LogP contribution >= 0.6 is 0 Å². The van der Waals surface area contributed by atoms with Crippen LogP contribution in [0.5, 0.6) is 0 Å². The summed E-state index contributed by atoms with van der Waals surface area (Å²) < 4.78 is 17.4. The number of hydrogen-bond acceptors (Lipinski definition) is 5. The standard InChI is InChI=1S/C26H29FN6O2/c1-14-10-18(15(2)31-21-5-4-17(27)12-19(21)24(28)34)23-20(11-14)26(35)32(3)25-22(30-13-33(23)25)16-6-8-29-9-7-16/h4-5,10-13,15-16,29,31H,6-9H2,1-3H3,(H2,28,34). The molecule has 0 bridgehead atoms. The van der Waals surface area contributed by atoms with Crippen molar-refractivity contribution < 1.29 is 9.18 Å². The Morgan fingerprint density at radius 2 is 2.00 bits per heavy atom. The molecule has 4 N–H and O–H groups in total. The van der Waals surface area contributed by atoms with E-state index in [-0.39, 0.29) is 23.1 Å². The van der Waals surface area contributed by atoms with Gasteiger partial charge in [-0.15, -0.1) is 0 Å². The van der Waals surface area contributed by atoms with Gasteiger partial charge in [-0.25, -0.2) is 9.37 Å². The zero-order valence-electron chi connectivity index (χ0n) is 20.1. The Kier molecular flexibility index (Phi) is 5.80. The number of rotatable bonds is 5. The fourth-order valence-corrected chi connectivity index (χ4v) is 5.24. The van der Waals surface area contributed by atoms with Crippen molar-refractivity contribution in [1.29, 1.82) is 0 Å². The summed E-state index contributed by atoms with van der Waals surface area (Å²) >= 11 is 0. The summed E-state index contributed by atoms with van der Waals surface area (Å²) in [5.74, 6) is -0.969. The summed E-state index contributed by atoms with van der Waals surface area (Å²) in [5, 5.41) is 7.28. The van der Waals surface area contributed by atoms with E-state index in [1.165, 1.54) is 12.1 Å². The summed E-state index contributed by atoms with van der Waals surface area (Å²) in [4.78, 5) is 30.2. The van der Waals surface area contributed by atoms with Gasteiger partial charge in [0.2, 0.25) is 0 Å². The summed E-state index contributed by atoms with van der Waals surface area (Å²) in [6.45, 7) is 5.74. The third-order valence-corrected chi connectivity index (χ3v) is 6.96. The Balaban J connectivity index is 1.70. The Morgan fingerprint density at radius 1 is 1.26 bits per heavy atom. The molecular weight excluding hydrogens is 447 g/mol. The SMILES string of the molecule is Cc1cc(C(C)Nc2ccc(F)cc2C(N)=O)c2c(c1)c(=O)n(C)c1c(C3CCNCC3)ncn21. The van der Waals surface area contributed by atoms with Crippen LogP contribution in [0, 0.1) is 12.7 Å². The first-order valence-electron chi connectivity index (χ1n) is 11.8. The van der Waals surface area contributed by atoms with Crippen molar-refractivity contribution in [2.24, 2.45) is 12.8 Å². The van der Waals surface area contributed by atoms with Crippen LogP contribution in [0.2, 0.25) is 0 Å². The average molecular weight is 477 g/mol. The molecule has 4 aromatic rings. The highest BCUT2D eigenvalue weighted by molar-refractivity contribution is 5.98. The molecule has 0 saturated carbocycles. The highest BCUT2D eigenvalue weighted by Crippen LogP contribution is 2.32. The lowest BCUT2D eigenvalue weighted by atomic mass is 9.94. The molecule has 0 aliphatic carbocycles. The van der Waals surface area contributed by atoms with E-state index in [0.717, 1.165) is 60.0 Å². The lowest BCUT2D eigenvalue weighted by Gasteiger charge is -2.23. The van der Waals surface area contributed by atoms with Crippen molar-refractivity contribution in [2.75, 3.05) is 18.4 Å². The number of nitrogens with zero attached hydrogens (tertiary/aromatic N) is 3. The van der Waals surface area contributed by atoms with Gasteiger partial charge in [0.1, 0.15) is 17.8 Å². The Labute approximate surface area is 202 Å². The molecule has 182 valence electrons. The topological polar surface area (TPSA) is 106 Å². The number of carbonyl (C=O) groups is 1. The number of hydrogen-bond donors (Lipinski definition) is 3. The van der Waals surface area contributed by atoms with Gasteiger partial charge in [0.05, 0.1) is 28.2 Å². The van der Waals surface area contributed by atoms with Crippen LogP contribution in [-0.4, -0.2) is 32.9 Å². The van der Waals surface area contributed by atoms with E-state index >= 15 is 0 Å². The number of halogens is 1.